The van der Waals surface area contributed by atoms with Crippen molar-refractivity contribution in [2.75, 3.05) is 6.61 Å². The maximum absolute atomic E-state index is 11.7. The first-order chi connectivity index (χ1) is 9.54. The van der Waals surface area contributed by atoms with E-state index in [1.165, 1.54) is 6.92 Å². The summed E-state index contributed by atoms with van der Waals surface area (Å²) in [5.74, 6) is -0.421. The lowest BCUT2D eigenvalue weighted by atomic mass is 10.0. The molecule has 0 bridgehead atoms. The van der Waals surface area contributed by atoms with Gasteiger partial charge in [-0.2, -0.15) is 0 Å². The Labute approximate surface area is 117 Å². The second-order valence-electron chi connectivity index (χ2n) is 4.61. The number of aromatic nitrogens is 1. The fourth-order valence-electron chi connectivity index (χ4n) is 2.27. The van der Waals surface area contributed by atoms with Crippen molar-refractivity contribution in [3.63, 3.8) is 0 Å². The average Bonchev–Trinajstić information content (AvgIpc) is 2.78. The number of esters is 1. The summed E-state index contributed by atoms with van der Waals surface area (Å²) in [4.78, 5) is 23.2. The Balaban J connectivity index is 2.39. The van der Waals surface area contributed by atoms with E-state index in [4.69, 9.17) is 10.5 Å². The molecule has 2 rings (SSSR count). The monoisotopic (exact) mass is 274 g/mol. The highest BCUT2D eigenvalue weighted by Gasteiger charge is 2.18. The molecule has 0 fully saturated rings. The van der Waals surface area contributed by atoms with Gasteiger partial charge in [0.05, 0.1) is 18.5 Å². The van der Waals surface area contributed by atoms with Crippen LogP contribution < -0.4 is 5.73 Å². The van der Waals surface area contributed by atoms with Crippen molar-refractivity contribution in [1.29, 1.82) is 0 Å². The van der Waals surface area contributed by atoms with Crippen LogP contribution in [0, 0.1) is 0 Å². The molecule has 1 aromatic heterocycles. The number of para-hydroxylation sites is 1. The summed E-state index contributed by atoms with van der Waals surface area (Å²) in [5.41, 5.74) is 7.66. The zero-order chi connectivity index (χ0) is 14.7. The lowest BCUT2D eigenvalue weighted by Gasteiger charge is -2.09. The number of hydrogen-bond donors (Lipinski definition) is 1. The highest BCUT2D eigenvalue weighted by molar-refractivity contribution is 5.94. The topological polar surface area (TPSA) is 74.3 Å². The highest BCUT2D eigenvalue weighted by Crippen LogP contribution is 2.27. The number of fused-ring (bicyclic) bond motifs is 1. The van der Waals surface area contributed by atoms with Crippen molar-refractivity contribution in [2.24, 2.45) is 5.73 Å². The fraction of sp³-hybridized carbons (Fsp3) is 0.333. The summed E-state index contributed by atoms with van der Waals surface area (Å²) in [5, 5.41) is 0.888. The molecule has 5 heteroatoms. The second kappa shape index (κ2) is 5.88. The zero-order valence-electron chi connectivity index (χ0n) is 11.6. The van der Waals surface area contributed by atoms with Crippen LogP contribution in [0.2, 0.25) is 0 Å². The standard InChI is InChI=1S/C15H18N2O3/c1-3-20-15(19)8-13(16)12-9-17(10(2)18)14-7-5-4-6-11(12)14/h4-7,9,13H,3,8,16H2,1-2H3/t13-/m1/s1. The number of nitrogens with two attached hydrogens (primary N) is 1. The lowest BCUT2D eigenvalue weighted by molar-refractivity contribution is -0.143. The van der Waals surface area contributed by atoms with Crippen molar-refractivity contribution < 1.29 is 14.3 Å². The molecule has 2 aromatic rings. The second-order valence-corrected chi connectivity index (χ2v) is 4.61. The van der Waals surface area contributed by atoms with Gasteiger partial charge in [-0.05, 0) is 18.6 Å². The molecule has 2 N–H and O–H groups in total. The van der Waals surface area contributed by atoms with Crippen LogP contribution in [0.25, 0.3) is 10.9 Å². The van der Waals surface area contributed by atoms with Crippen molar-refractivity contribution >= 4 is 22.8 Å². The van der Waals surface area contributed by atoms with Crippen LogP contribution in [0.1, 0.15) is 36.7 Å². The maximum atomic E-state index is 11.7. The van der Waals surface area contributed by atoms with Crippen LogP contribution in [0.4, 0.5) is 0 Å². The van der Waals surface area contributed by atoms with Crippen molar-refractivity contribution in [2.45, 2.75) is 26.3 Å². The van der Waals surface area contributed by atoms with E-state index in [9.17, 15) is 9.59 Å². The van der Waals surface area contributed by atoms with Gasteiger partial charge in [-0.25, -0.2) is 0 Å². The summed E-state index contributed by atoms with van der Waals surface area (Å²) in [6.45, 7) is 3.58. The summed E-state index contributed by atoms with van der Waals surface area (Å²) in [7, 11) is 0. The van der Waals surface area contributed by atoms with Gasteiger partial charge in [-0.3, -0.25) is 14.2 Å². The van der Waals surface area contributed by atoms with E-state index in [2.05, 4.69) is 0 Å². The molecular weight excluding hydrogens is 256 g/mol. The molecule has 0 spiro atoms. The van der Waals surface area contributed by atoms with Crippen LogP contribution in [0.3, 0.4) is 0 Å². The Hall–Kier alpha value is -2.14. The first-order valence-corrected chi connectivity index (χ1v) is 6.56. The molecule has 0 saturated carbocycles. The summed E-state index contributed by atoms with van der Waals surface area (Å²) in [6.07, 6.45) is 1.80. The fourth-order valence-corrected chi connectivity index (χ4v) is 2.27. The van der Waals surface area contributed by atoms with Gasteiger partial charge in [-0.15, -0.1) is 0 Å². The van der Waals surface area contributed by atoms with Gasteiger partial charge in [0.1, 0.15) is 0 Å². The van der Waals surface area contributed by atoms with Crippen LogP contribution in [0.15, 0.2) is 30.5 Å². The van der Waals surface area contributed by atoms with Gasteiger partial charge in [0, 0.05) is 24.5 Å². The molecule has 0 aliphatic carbocycles. The van der Waals surface area contributed by atoms with Gasteiger partial charge < -0.3 is 10.5 Å². The first kappa shape index (κ1) is 14.3. The third kappa shape index (κ3) is 2.72. The number of rotatable bonds is 4. The molecule has 0 saturated heterocycles. The lowest BCUT2D eigenvalue weighted by Crippen LogP contribution is -2.17. The number of ether oxygens (including phenoxy) is 1. The molecule has 106 valence electrons. The SMILES string of the molecule is CCOC(=O)C[C@@H](N)c1cn(C(C)=O)c2ccccc12. The Morgan fingerprint density at radius 3 is 2.70 bits per heavy atom. The van der Waals surface area contributed by atoms with E-state index in [1.807, 2.05) is 24.3 Å². The largest absolute Gasteiger partial charge is 0.466 e. The average molecular weight is 274 g/mol. The minimum atomic E-state index is -0.487. The van der Waals surface area contributed by atoms with Gasteiger partial charge in [0.2, 0.25) is 5.91 Å². The Kier molecular flexibility index (Phi) is 4.20. The zero-order valence-corrected chi connectivity index (χ0v) is 11.6. The van der Waals surface area contributed by atoms with Crippen LogP contribution in [-0.2, 0) is 9.53 Å². The molecule has 0 aliphatic rings. The molecule has 1 aromatic carbocycles. The molecule has 0 amide bonds. The number of carbonyl (C=O) groups is 2. The quantitative estimate of drug-likeness (QED) is 0.868. The summed E-state index contributed by atoms with van der Waals surface area (Å²) < 4.78 is 6.46. The number of benzene rings is 1. The van der Waals surface area contributed by atoms with Gasteiger partial charge in [0.15, 0.2) is 0 Å². The Morgan fingerprint density at radius 1 is 1.35 bits per heavy atom. The van der Waals surface area contributed by atoms with Gasteiger partial charge in [-0.1, -0.05) is 18.2 Å². The van der Waals surface area contributed by atoms with E-state index < -0.39 is 6.04 Å². The van der Waals surface area contributed by atoms with E-state index >= 15 is 0 Å². The predicted molar refractivity (Wildman–Crippen MR) is 76.4 cm³/mol. The van der Waals surface area contributed by atoms with Crippen LogP contribution in [-0.4, -0.2) is 23.1 Å². The van der Waals surface area contributed by atoms with E-state index in [0.717, 1.165) is 16.5 Å². The van der Waals surface area contributed by atoms with Crippen LogP contribution in [0.5, 0.6) is 0 Å². The molecular formula is C15H18N2O3. The van der Waals surface area contributed by atoms with Gasteiger partial charge >= 0.3 is 5.97 Å². The van der Waals surface area contributed by atoms with Crippen LogP contribution >= 0.6 is 0 Å². The van der Waals surface area contributed by atoms with E-state index in [-0.39, 0.29) is 18.3 Å². The number of nitrogens with zero attached hydrogens (tertiary/aromatic N) is 1. The normalized spacial score (nSPS) is 12.3. The maximum Gasteiger partial charge on any atom is 0.307 e. The summed E-state index contributed by atoms with van der Waals surface area (Å²) >= 11 is 0. The van der Waals surface area contributed by atoms with Crippen molar-refractivity contribution in [3.8, 4) is 0 Å². The smallest absolute Gasteiger partial charge is 0.307 e. The number of hydrogen-bond acceptors (Lipinski definition) is 4. The highest BCUT2D eigenvalue weighted by atomic mass is 16.5. The molecule has 1 atom stereocenters. The first-order valence-electron chi connectivity index (χ1n) is 6.56. The molecule has 1 heterocycles. The minimum Gasteiger partial charge on any atom is -0.466 e. The molecule has 0 unspecified atom stereocenters. The van der Waals surface area contributed by atoms with E-state index in [1.54, 1.807) is 17.7 Å². The predicted octanol–water partition coefficient (Wildman–Crippen LogP) is 2.25. The molecule has 20 heavy (non-hydrogen) atoms. The molecule has 0 aliphatic heterocycles. The Morgan fingerprint density at radius 2 is 2.05 bits per heavy atom. The molecule has 5 nitrogen and oxygen atoms in total. The third-order valence-corrected chi connectivity index (χ3v) is 3.17. The third-order valence-electron chi connectivity index (χ3n) is 3.17. The van der Waals surface area contributed by atoms with Gasteiger partial charge in [0.25, 0.3) is 0 Å². The summed E-state index contributed by atoms with van der Waals surface area (Å²) in [6, 6.07) is 7.02. The van der Waals surface area contributed by atoms with Crippen molar-refractivity contribution in [1.82, 2.24) is 4.57 Å². The van der Waals surface area contributed by atoms with E-state index in [0.29, 0.717) is 6.61 Å². The number of carbonyl (C=O) groups excluding carboxylic acids is 2. The minimum absolute atomic E-state index is 0.0872. The molecule has 0 radical (unpaired) electrons. The van der Waals surface area contributed by atoms with Crippen molar-refractivity contribution in [3.05, 3.63) is 36.0 Å². The Bertz CT molecular complexity index is 646.